The van der Waals surface area contributed by atoms with Crippen molar-refractivity contribution in [2.24, 2.45) is 0 Å². The minimum Gasteiger partial charge on any atom is -0.225 e. The van der Waals surface area contributed by atoms with Crippen LogP contribution in [0.2, 0.25) is 0 Å². The van der Waals surface area contributed by atoms with Gasteiger partial charge in [-0.05, 0) is 22.1 Å². The Bertz CT molecular complexity index is 677. The molecule has 6 nitrogen and oxygen atoms in total. The predicted molar refractivity (Wildman–Crippen MR) is 70.6 cm³/mol. The minimum atomic E-state index is -3.25. The highest BCUT2D eigenvalue weighted by molar-refractivity contribution is 7.90. The second kappa shape index (κ2) is 5.08. The van der Waals surface area contributed by atoms with E-state index in [1.807, 2.05) is 19.9 Å². The molecule has 0 N–H and O–H groups in total. The highest BCUT2D eigenvalue weighted by Gasteiger charge is 2.16. The lowest BCUT2D eigenvalue weighted by molar-refractivity contribution is 0.582. The molecule has 1 aromatic heterocycles. The van der Waals surface area contributed by atoms with Crippen molar-refractivity contribution in [1.82, 2.24) is 20.2 Å². The van der Waals surface area contributed by atoms with E-state index in [2.05, 4.69) is 15.5 Å². The topological polar surface area (TPSA) is 77.7 Å². The lowest BCUT2D eigenvalue weighted by Crippen LogP contribution is -2.11. The van der Waals surface area contributed by atoms with E-state index in [1.54, 1.807) is 22.9 Å². The van der Waals surface area contributed by atoms with Gasteiger partial charge in [0.05, 0.1) is 11.4 Å². The Morgan fingerprint density at radius 1 is 1.26 bits per heavy atom. The lowest BCUT2D eigenvalue weighted by atomic mass is 10.2. The van der Waals surface area contributed by atoms with E-state index in [9.17, 15) is 8.42 Å². The highest BCUT2D eigenvalue weighted by atomic mass is 32.2. The van der Waals surface area contributed by atoms with Crippen molar-refractivity contribution >= 4 is 9.84 Å². The predicted octanol–water partition coefficient (Wildman–Crippen LogP) is 1.25. The molecule has 0 aliphatic rings. The average molecular weight is 280 g/mol. The van der Waals surface area contributed by atoms with Crippen LogP contribution in [0, 0.1) is 0 Å². The van der Waals surface area contributed by atoms with Gasteiger partial charge >= 0.3 is 0 Å². The Morgan fingerprint density at radius 2 is 1.95 bits per heavy atom. The smallest absolute Gasteiger partial charge is 0.175 e. The molecule has 2 rings (SSSR count). The molecule has 0 fully saturated rings. The van der Waals surface area contributed by atoms with Gasteiger partial charge in [0.2, 0.25) is 0 Å². The molecule has 0 unspecified atom stereocenters. The number of hydrogen-bond donors (Lipinski definition) is 0. The summed E-state index contributed by atoms with van der Waals surface area (Å²) >= 11 is 0. The average Bonchev–Trinajstić information content (AvgIpc) is 2.76. The van der Waals surface area contributed by atoms with E-state index in [0.717, 1.165) is 5.82 Å². The quantitative estimate of drug-likeness (QED) is 0.842. The van der Waals surface area contributed by atoms with E-state index in [4.69, 9.17) is 0 Å². The summed E-state index contributed by atoms with van der Waals surface area (Å²) in [4.78, 5) is 0.320. The zero-order valence-corrected chi connectivity index (χ0v) is 11.9. The Labute approximate surface area is 112 Å². The number of nitrogens with zero attached hydrogens (tertiary/aromatic N) is 4. The second-order valence-electron chi connectivity index (χ2n) is 4.73. The van der Waals surface area contributed by atoms with Gasteiger partial charge in [0.15, 0.2) is 15.7 Å². The fourth-order valence-electron chi connectivity index (χ4n) is 1.90. The van der Waals surface area contributed by atoms with Crippen molar-refractivity contribution in [3.63, 3.8) is 0 Å². The molecule has 19 heavy (non-hydrogen) atoms. The SMILES string of the molecule is CC(C)c1nnnn1Cc1ccccc1S(C)(=O)=O. The van der Waals surface area contributed by atoms with Crippen molar-refractivity contribution < 1.29 is 8.42 Å². The zero-order chi connectivity index (χ0) is 14.0. The Morgan fingerprint density at radius 3 is 2.58 bits per heavy atom. The summed E-state index contributed by atoms with van der Waals surface area (Å²) in [5.41, 5.74) is 0.694. The maximum atomic E-state index is 11.7. The molecule has 0 bridgehead atoms. The van der Waals surface area contributed by atoms with Crippen LogP contribution in [0.25, 0.3) is 0 Å². The molecule has 2 aromatic rings. The Balaban J connectivity index is 2.42. The Kier molecular flexibility index (Phi) is 3.66. The van der Waals surface area contributed by atoms with Crippen molar-refractivity contribution in [1.29, 1.82) is 0 Å². The molecule has 0 amide bonds. The van der Waals surface area contributed by atoms with Crippen LogP contribution < -0.4 is 0 Å². The van der Waals surface area contributed by atoms with Gasteiger partial charge in [-0.3, -0.25) is 0 Å². The first-order chi connectivity index (χ1) is 8.89. The summed E-state index contributed by atoms with van der Waals surface area (Å²) < 4.78 is 25.1. The summed E-state index contributed by atoms with van der Waals surface area (Å²) in [5.74, 6) is 0.920. The second-order valence-corrected chi connectivity index (χ2v) is 6.71. The Hall–Kier alpha value is -1.76. The molecule has 0 aliphatic carbocycles. The van der Waals surface area contributed by atoms with Crippen LogP contribution in [0.15, 0.2) is 29.2 Å². The van der Waals surface area contributed by atoms with Gasteiger partial charge in [0, 0.05) is 12.2 Å². The van der Waals surface area contributed by atoms with Gasteiger partial charge in [-0.1, -0.05) is 32.0 Å². The first-order valence-corrected chi connectivity index (χ1v) is 7.82. The van der Waals surface area contributed by atoms with Gasteiger partial charge in [-0.15, -0.1) is 5.10 Å². The highest BCUT2D eigenvalue weighted by Crippen LogP contribution is 2.18. The molecular weight excluding hydrogens is 264 g/mol. The monoisotopic (exact) mass is 280 g/mol. The van der Waals surface area contributed by atoms with Gasteiger partial charge in [0.1, 0.15) is 0 Å². The fraction of sp³-hybridized carbons (Fsp3) is 0.417. The third kappa shape index (κ3) is 2.98. The van der Waals surface area contributed by atoms with Crippen LogP contribution in [0.5, 0.6) is 0 Å². The van der Waals surface area contributed by atoms with Crippen LogP contribution in [-0.2, 0) is 16.4 Å². The van der Waals surface area contributed by atoms with Crippen LogP contribution in [-0.4, -0.2) is 34.9 Å². The summed E-state index contributed by atoms with van der Waals surface area (Å²) in [6.07, 6.45) is 1.20. The van der Waals surface area contributed by atoms with Crippen molar-refractivity contribution in [3.8, 4) is 0 Å². The molecule has 1 aromatic carbocycles. The summed E-state index contributed by atoms with van der Waals surface area (Å²) in [6.45, 7) is 4.33. The number of sulfone groups is 1. The summed E-state index contributed by atoms with van der Waals surface area (Å²) in [7, 11) is -3.25. The third-order valence-electron chi connectivity index (χ3n) is 2.77. The molecule has 0 saturated heterocycles. The van der Waals surface area contributed by atoms with E-state index >= 15 is 0 Å². The van der Waals surface area contributed by atoms with Gasteiger partial charge in [-0.25, -0.2) is 13.1 Å². The fourth-order valence-corrected chi connectivity index (χ4v) is 2.83. The van der Waals surface area contributed by atoms with Crippen LogP contribution in [0.4, 0.5) is 0 Å². The normalized spacial score (nSPS) is 12.0. The molecule has 102 valence electrons. The molecule has 0 atom stereocenters. The van der Waals surface area contributed by atoms with Crippen molar-refractivity contribution in [2.75, 3.05) is 6.26 Å². The third-order valence-corrected chi connectivity index (χ3v) is 3.97. The molecule has 7 heteroatoms. The molecule has 0 radical (unpaired) electrons. The lowest BCUT2D eigenvalue weighted by Gasteiger charge is -2.10. The maximum Gasteiger partial charge on any atom is 0.175 e. The van der Waals surface area contributed by atoms with Crippen molar-refractivity contribution in [2.45, 2.75) is 31.2 Å². The minimum absolute atomic E-state index is 0.181. The van der Waals surface area contributed by atoms with Crippen molar-refractivity contribution in [3.05, 3.63) is 35.7 Å². The largest absolute Gasteiger partial charge is 0.225 e. The molecule has 1 heterocycles. The van der Waals surface area contributed by atoms with E-state index < -0.39 is 9.84 Å². The van der Waals surface area contributed by atoms with E-state index in [1.165, 1.54) is 6.26 Å². The standard InChI is InChI=1S/C12H16N4O2S/c1-9(2)12-13-14-15-16(12)8-10-6-4-5-7-11(10)19(3,17)18/h4-7,9H,8H2,1-3H3. The molecular formula is C12H16N4O2S. The number of rotatable bonds is 4. The van der Waals surface area contributed by atoms with E-state index in [0.29, 0.717) is 17.0 Å². The van der Waals surface area contributed by atoms with Crippen LogP contribution in [0.3, 0.4) is 0 Å². The molecule has 0 aliphatic heterocycles. The number of tetrazole rings is 1. The molecule has 0 saturated carbocycles. The van der Waals surface area contributed by atoms with Crippen LogP contribution >= 0.6 is 0 Å². The number of hydrogen-bond acceptors (Lipinski definition) is 5. The van der Waals surface area contributed by atoms with Crippen LogP contribution in [0.1, 0.15) is 31.2 Å². The van der Waals surface area contributed by atoms with E-state index in [-0.39, 0.29) is 5.92 Å². The van der Waals surface area contributed by atoms with Gasteiger partial charge in [-0.2, -0.15) is 0 Å². The molecule has 0 spiro atoms. The number of benzene rings is 1. The summed E-state index contributed by atoms with van der Waals surface area (Å²) in [5, 5.41) is 11.5. The number of aromatic nitrogens is 4. The first-order valence-electron chi connectivity index (χ1n) is 5.93. The van der Waals surface area contributed by atoms with Gasteiger partial charge < -0.3 is 0 Å². The first kappa shape index (κ1) is 13.7. The maximum absolute atomic E-state index is 11.7. The van der Waals surface area contributed by atoms with Gasteiger partial charge in [0.25, 0.3) is 0 Å². The summed E-state index contributed by atoms with van der Waals surface area (Å²) in [6, 6.07) is 6.90. The zero-order valence-electron chi connectivity index (χ0n) is 11.1.